The molecule has 0 saturated heterocycles. The Morgan fingerprint density at radius 3 is 1.54 bits per heavy atom. The summed E-state index contributed by atoms with van der Waals surface area (Å²) in [6.07, 6.45) is 0. The van der Waals surface area contributed by atoms with Crippen LogP contribution in [0.15, 0.2) is 30.3 Å². The van der Waals surface area contributed by atoms with Crippen molar-refractivity contribution in [2.24, 2.45) is 0 Å². The predicted octanol–water partition coefficient (Wildman–Crippen LogP) is 4.04. The minimum Gasteiger partial charge on any atom is -0.0999 e. The third-order valence-corrected chi connectivity index (χ3v) is 1.47. The van der Waals surface area contributed by atoms with Crippen LogP contribution >= 0.6 is 0 Å². The van der Waals surface area contributed by atoms with Crippen molar-refractivity contribution < 1.29 is 0 Å². The zero-order valence-electron chi connectivity index (χ0n) is 9.54. The zero-order valence-corrected chi connectivity index (χ0v) is 9.54. The van der Waals surface area contributed by atoms with Crippen LogP contribution in [-0.4, -0.2) is 7.85 Å². The SMILES string of the molecule is CC.CC(C)c1ccccc1.[B]C. The minimum atomic E-state index is 0.659. The largest absolute Gasteiger partial charge is 0.0999 e. The molecule has 0 fully saturated rings. The van der Waals surface area contributed by atoms with Crippen LogP contribution in [0.4, 0.5) is 0 Å². The summed E-state index contributed by atoms with van der Waals surface area (Å²) < 4.78 is 0. The summed E-state index contributed by atoms with van der Waals surface area (Å²) in [5.41, 5.74) is 1.41. The molecule has 2 radical (unpaired) electrons. The fraction of sp³-hybridized carbons (Fsp3) is 0.500. The lowest BCUT2D eigenvalue weighted by Crippen LogP contribution is -1.83. The third kappa shape index (κ3) is 7.64. The molecule has 0 aliphatic heterocycles. The van der Waals surface area contributed by atoms with E-state index in [0.29, 0.717) is 5.92 Å². The molecule has 0 aliphatic carbocycles. The summed E-state index contributed by atoms with van der Waals surface area (Å²) in [5.74, 6) is 0.659. The molecule has 0 unspecified atom stereocenters. The summed E-state index contributed by atoms with van der Waals surface area (Å²) in [5, 5.41) is 0. The monoisotopic (exact) mass is 176 g/mol. The molecule has 1 aromatic rings. The van der Waals surface area contributed by atoms with Crippen molar-refractivity contribution in [3.63, 3.8) is 0 Å². The van der Waals surface area contributed by atoms with Gasteiger partial charge >= 0.3 is 0 Å². The molecule has 0 saturated carbocycles. The predicted molar refractivity (Wildman–Crippen MR) is 63.5 cm³/mol. The molecule has 0 heterocycles. The highest BCUT2D eigenvalue weighted by molar-refractivity contribution is 6.05. The summed E-state index contributed by atoms with van der Waals surface area (Å²) in [6.45, 7) is 9.91. The van der Waals surface area contributed by atoms with E-state index in [1.165, 1.54) is 12.4 Å². The second-order valence-corrected chi connectivity index (χ2v) is 2.57. The quantitative estimate of drug-likeness (QED) is 0.566. The molecular formula is C12H21B. The Morgan fingerprint density at radius 2 is 1.31 bits per heavy atom. The third-order valence-electron chi connectivity index (χ3n) is 1.47. The van der Waals surface area contributed by atoms with Gasteiger partial charge in [0, 0.05) is 0 Å². The first-order valence-corrected chi connectivity index (χ1v) is 4.93. The summed E-state index contributed by atoms with van der Waals surface area (Å²) in [7, 11) is 4.50. The van der Waals surface area contributed by atoms with Crippen molar-refractivity contribution in [1.82, 2.24) is 0 Å². The molecule has 0 N–H and O–H groups in total. The lowest BCUT2D eigenvalue weighted by atomic mass is 10.0. The fourth-order valence-electron chi connectivity index (χ4n) is 0.838. The van der Waals surface area contributed by atoms with Gasteiger partial charge in [-0.15, -0.1) is 0 Å². The molecule has 0 nitrogen and oxygen atoms in total. The second-order valence-electron chi connectivity index (χ2n) is 2.57. The van der Waals surface area contributed by atoms with Crippen molar-refractivity contribution in [2.75, 3.05) is 0 Å². The van der Waals surface area contributed by atoms with Gasteiger partial charge in [-0.3, -0.25) is 0 Å². The van der Waals surface area contributed by atoms with E-state index in [4.69, 9.17) is 0 Å². The minimum absolute atomic E-state index is 0.659. The highest BCUT2D eigenvalue weighted by Gasteiger charge is 1.93. The lowest BCUT2D eigenvalue weighted by molar-refractivity contribution is 0.867. The van der Waals surface area contributed by atoms with Gasteiger partial charge in [-0.1, -0.05) is 64.8 Å². The zero-order chi connectivity index (χ0) is 10.7. The molecule has 0 bridgehead atoms. The van der Waals surface area contributed by atoms with E-state index in [0.717, 1.165) is 0 Å². The van der Waals surface area contributed by atoms with Gasteiger partial charge in [-0.2, -0.15) is 0 Å². The lowest BCUT2D eigenvalue weighted by Gasteiger charge is -2.01. The van der Waals surface area contributed by atoms with E-state index in [2.05, 4.69) is 46.0 Å². The highest BCUT2D eigenvalue weighted by Crippen LogP contribution is 2.11. The van der Waals surface area contributed by atoms with Crippen molar-refractivity contribution >= 4 is 7.85 Å². The maximum absolute atomic E-state index is 4.50. The van der Waals surface area contributed by atoms with Crippen LogP contribution in [0.1, 0.15) is 39.2 Å². The molecule has 1 rings (SSSR count). The first-order chi connectivity index (χ1) is 6.30. The summed E-state index contributed by atoms with van der Waals surface area (Å²) in [6, 6.07) is 10.5. The Kier molecular flexibility index (Phi) is 12.8. The van der Waals surface area contributed by atoms with Gasteiger partial charge in [0.15, 0.2) is 0 Å². The average molecular weight is 176 g/mol. The smallest absolute Gasteiger partial charge is 0.0606 e. The van der Waals surface area contributed by atoms with Crippen LogP contribution in [0.2, 0.25) is 6.82 Å². The van der Waals surface area contributed by atoms with Gasteiger partial charge in [0.2, 0.25) is 0 Å². The second kappa shape index (κ2) is 11.3. The van der Waals surface area contributed by atoms with E-state index in [1.54, 1.807) is 0 Å². The average Bonchev–Trinajstić information content (AvgIpc) is 2.25. The number of hydrogen-bond donors (Lipinski definition) is 0. The number of benzene rings is 1. The first kappa shape index (κ1) is 14.8. The van der Waals surface area contributed by atoms with Crippen LogP contribution in [0.5, 0.6) is 0 Å². The van der Waals surface area contributed by atoms with Gasteiger partial charge in [0.05, 0.1) is 7.85 Å². The Bertz CT molecular complexity index is 168. The van der Waals surface area contributed by atoms with Crippen LogP contribution in [-0.2, 0) is 0 Å². The fourth-order valence-corrected chi connectivity index (χ4v) is 0.838. The van der Waals surface area contributed by atoms with Gasteiger partial charge in [0.1, 0.15) is 0 Å². The standard InChI is InChI=1S/C9H12.C2H6.CH3B/c1-8(2)9-6-4-3-5-7-9;2*1-2/h3-8H,1-2H3;1-2H3;1H3. The van der Waals surface area contributed by atoms with Crippen molar-refractivity contribution in [1.29, 1.82) is 0 Å². The van der Waals surface area contributed by atoms with Crippen molar-refractivity contribution in [2.45, 2.75) is 40.4 Å². The van der Waals surface area contributed by atoms with Crippen LogP contribution in [0.25, 0.3) is 0 Å². The van der Waals surface area contributed by atoms with Crippen LogP contribution < -0.4 is 0 Å². The number of hydrogen-bond acceptors (Lipinski definition) is 0. The molecule has 1 aromatic carbocycles. The number of rotatable bonds is 1. The Morgan fingerprint density at radius 1 is 0.923 bits per heavy atom. The van der Waals surface area contributed by atoms with E-state index < -0.39 is 0 Å². The van der Waals surface area contributed by atoms with Gasteiger partial charge in [-0.05, 0) is 11.5 Å². The molecule has 72 valence electrons. The van der Waals surface area contributed by atoms with Crippen molar-refractivity contribution in [3.8, 4) is 0 Å². The highest BCUT2D eigenvalue weighted by atomic mass is 14.0. The maximum atomic E-state index is 4.50. The van der Waals surface area contributed by atoms with Crippen LogP contribution in [0, 0.1) is 0 Å². The molecule has 0 aromatic heterocycles. The Balaban J connectivity index is 0. The van der Waals surface area contributed by atoms with Crippen LogP contribution in [0.3, 0.4) is 0 Å². The molecule has 0 amide bonds. The van der Waals surface area contributed by atoms with Gasteiger partial charge < -0.3 is 0 Å². The van der Waals surface area contributed by atoms with E-state index in [-0.39, 0.29) is 0 Å². The van der Waals surface area contributed by atoms with Crippen molar-refractivity contribution in [3.05, 3.63) is 35.9 Å². The van der Waals surface area contributed by atoms with E-state index in [9.17, 15) is 0 Å². The molecular weight excluding hydrogens is 155 g/mol. The van der Waals surface area contributed by atoms with Gasteiger partial charge in [-0.25, -0.2) is 0 Å². The molecule has 1 heteroatoms. The molecule has 13 heavy (non-hydrogen) atoms. The molecule has 0 aliphatic rings. The van der Waals surface area contributed by atoms with Gasteiger partial charge in [0.25, 0.3) is 0 Å². The summed E-state index contributed by atoms with van der Waals surface area (Å²) in [4.78, 5) is 0. The molecule has 0 spiro atoms. The normalized spacial score (nSPS) is 7.85. The van der Waals surface area contributed by atoms with E-state index >= 15 is 0 Å². The summed E-state index contributed by atoms with van der Waals surface area (Å²) >= 11 is 0. The Labute approximate surface area is 84.8 Å². The topological polar surface area (TPSA) is 0 Å². The Hall–Kier alpha value is -0.715. The first-order valence-electron chi connectivity index (χ1n) is 4.93. The molecule has 0 atom stereocenters. The maximum Gasteiger partial charge on any atom is 0.0606 e. The van der Waals surface area contributed by atoms with E-state index in [1.807, 2.05) is 19.9 Å².